The average molecular weight is 391 g/mol. The summed E-state index contributed by atoms with van der Waals surface area (Å²) in [7, 11) is -1.24. The van der Waals surface area contributed by atoms with E-state index < -0.39 is 22.5 Å². The van der Waals surface area contributed by atoms with Crippen molar-refractivity contribution in [3.8, 4) is 11.5 Å². The number of carbonyl (C=O) groups excluding carboxylic acids is 1. The van der Waals surface area contributed by atoms with Gasteiger partial charge >= 0.3 is 0 Å². The van der Waals surface area contributed by atoms with Gasteiger partial charge in [-0.2, -0.15) is 9.41 Å². The molecule has 2 aromatic carbocycles. The maximum Gasteiger partial charge on any atom is 0.255 e. The third-order valence-corrected chi connectivity index (χ3v) is 5.47. The fraction of sp³-hybridized carbons (Fsp3) is 0.222. The summed E-state index contributed by atoms with van der Waals surface area (Å²) in [6, 6.07) is 11.1. The molecule has 0 aliphatic rings. The van der Waals surface area contributed by atoms with E-state index in [0.29, 0.717) is 5.56 Å². The third-order valence-electron chi connectivity index (χ3n) is 3.65. The quantitative estimate of drug-likeness (QED) is 0.549. The van der Waals surface area contributed by atoms with Gasteiger partial charge in [-0.05, 0) is 42.3 Å². The van der Waals surface area contributed by atoms with E-state index in [1.165, 1.54) is 38.6 Å². The number of nitrogens with one attached hydrogen (secondary N) is 1. The van der Waals surface area contributed by atoms with Crippen molar-refractivity contribution in [3.63, 3.8) is 0 Å². The number of ether oxygens (including phenoxy) is 1. The first kappa shape index (κ1) is 20.4. The molecule has 0 heterocycles. The molecule has 0 bridgehead atoms. The van der Waals surface area contributed by atoms with Crippen molar-refractivity contribution in [1.82, 2.24) is 9.73 Å². The van der Waals surface area contributed by atoms with Crippen LogP contribution in [0.15, 0.2) is 52.5 Å². The molecule has 0 atom stereocenters. The molecule has 2 aromatic rings. The zero-order valence-corrected chi connectivity index (χ0v) is 16.0. The van der Waals surface area contributed by atoms with Gasteiger partial charge in [-0.1, -0.05) is 18.2 Å². The number of methoxy groups -OCH3 is 1. The largest absolute Gasteiger partial charge is 0.508 e. The van der Waals surface area contributed by atoms with Crippen LogP contribution >= 0.6 is 0 Å². The average Bonchev–Trinajstić information content (AvgIpc) is 2.61. The molecule has 27 heavy (non-hydrogen) atoms. The lowest BCUT2D eigenvalue weighted by atomic mass is 10.2. The number of likely N-dealkylation sites (N-methyl/N-ethyl adjacent to an activating group) is 1. The molecule has 0 spiro atoms. The van der Waals surface area contributed by atoms with Gasteiger partial charge in [-0.25, -0.2) is 13.8 Å². The molecule has 0 saturated carbocycles. The van der Waals surface area contributed by atoms with Crippen LogP contribution in [0.25, 0.3) is 0 Å². The normalized spacial score (nSPS) is 11.7. The first-order chi connectivity index (χ1) is 12.7. The van der Waals surface area contributed by atoms with E-state index in [2.05, 4.69) is 10.5 Å². The van der Waals surface area contributed by atoms with Gasteiger partial charge in [-0.15, -0.1) is 0 Å². The van der Waals surface area contributed by atoms with Crippen LogP contribution in [0, 0.1) is 6.92 Å². The number of benzene rings is 2. The molecule has 0 aromatic heterocycles. The van der Waals surface area contributed by atoms with Crippen LogP contribution in [-0.2, 0) is 14.8 Å². The Hall–Kier alpha value is -2.91. The first-order valence-electron chi connectivity index (χ1n) is 7.96. The number of hydrogen-bond donors (Lipinski definition) is 2. The Morgan fingerprint density at radius 3 is 2.70 bits per heavy atom. The Labute approximate surface area is 158 Å². The molecule has 1 amide bonds. The van der Waals surface area contributed by atoms with Crippen LogP contribution in [0.4, 0.5) is 0 Å². The Kier molecular flexibility index (Phi) is 6.54. The molecule has 0 saturated heterocycles. The Bertz CT molecular complexity index is 957. The smallest absolute Gasteiger partial charge is 0.255 e. The number of phenolic OH excluding ortho intramolecular Hbond substituents is 1. The molecule has 0 fully saturated rings. The Balaban J connectivity index is 2.06. The molecule has 2 N–H and O–H groups in total. The number of sulfonamides is 1. The van der Waals surface area contributed by atoms with E-state index in [-0.39, 0.29) is 16.4 Å². The molecule has 0 unspecified atom stereocenters. The van der Waals surface area contributed by atoms with Gasteiger partial charge in [0, 0.05) is 7.05 Å². The Morgan fingerprint density at radius 1 is 1.30 bits per heavy atom. The number of phenols is 1. The number of nitrogens with zero attached hydrogens (tertiary/aromatic N) is 2. The lowest BCUT2D eigenvalue weighted by Crippen LogP contribution is -2.36. The van der Waals surface area contributed by atoms with Gasteiger partial charge in [0.25, 0.3) is 5.91 Å². The minimum atomic E-state index is -3.92. The summed E-state index contributed by atoms with van der Waals surface area (Å²) in [6.45, 7) is 1.35. The van der Waals surface area contributed by atoms with E-state index in [1.54, 1.807) is 31.2 Å². The van der Waals surface area contributed by atoms with Crippen LogP contribution in [-0.4, -0.2) is 50.7 Å². The highest BCUT2D eigenvalue weighted by atomic mass is 32.2. The maximum absolute atomic E-state index is 12.7. The highest BCUT2D eigenvalue weighted by Crippen LogP contribution is 2.27. The second-order valence-corrected chi connectivity index (χ2v) is 7.82. The lowest BCUT2D eigenvalue weighted by Gasteiger charge is -2.18. The highest BCUT2D eigenvalue weighted by Gasteiger charge is 2.26. The van der Waals surface area contributed by atoms with Crippen LogP contribution in [0.1, 0.15) is 11.1 Å². The monoisotopic (exact) mass is 391 g/mol. The second kappa shape index (κ2) is 8.65. The Morgan fingerprint density at radius 2 is 2.04 bits per heavy atom. The summed E-state index contributed by atoms with van der Waals surface area (Å²) in [4.78, 5) is 12.0. The van der Waals surface area contributed by atoms with Crippen LogP contribution in [0.2, 0.25) is 0 Å². The molecule has 9 heteroatoms. The summed E-state index contributed by atoms with van der Waals surface area (Å²) in [5.74, 6) is -0.331. The number of hydrogen-bond acceptors (Lipinski definition) is 6. The molecule has 8 nitrogen and oxygen atoms in total. The van der Waals surface area contributed by atoms with Gasteiger partial charge in [0.15, 0.2) is 0 Å². The number of amides is 1. The number of hydrazone groups is 1. The van der Waals surface area contributed by atoms with Crippen LogP contribution in [0.5, 0.6) is 11.5 Å². The van der Waals surface area contributed by atoms with Crippen molar-refractivity contribution in [2.75, 3.05) is 20.7 Å². The van der Waals surface area contributed by atoms with Gasteiger partial charge in [0.2, 0.25) is 10.0 Å². The van der Waals surface area contributed by atoms with Gasteiger partial charge in [0.05, 0.1) is 19.9 Å². The predicted octanol–water partition coefficient (Wildman–Crippen LogP) is 1.48. The summed E-state index contributed by atoms with van der Waals surface area (Å²) in [6.07, 6.45) is 1.34. The SMILES string of the molecule is COc1ccc(C)cc1S(=O)(=O)N(C)CC(=O)N/N=C/c1cccc(O)c1. The minimum Gasteiger partial charge on any atom is -0.508 e. The summed E-state index contributed by atoms with van der Waals surface area (Å²) in [5, 5.41) is 13.1. The van der Waals surface area contributed by atoms with Crippen LogP contribution in [0.3, 0.4) is 0 Å². The van der Waals surface area contributed by atoms with Gasteiger partial charge in [-0.3, -0.25) is 4.79 Å². The molecular weight excluding hydrogens is 370 g/mol. The van der Waals surface area contributed by atoms with E-state index >= 15 is 0 Å². The third kappa shape index (κ3) is 5.28. The van der Waals surface area contributed by atoms with Gasteiger partial charge < -0.3 is 9.84 Å². The van der Waals surface area contributed by atoms with E-state index in [9.17, 15) is 18.3 Å². The molecule has 0 aliphatic heterocycles. The zero-order chi connectivity index (χ0) is 20.0. The number of rotatable bonds is 7. The number of aryl methyl sites for hydroxylation is 1. The number of carbonyl (C=O) groups is 1. The summed E-state index contributed by atoms with van der Waals surface area (Å²) in [5.41, 5.74) is 3.59. The van der Waals surface area contributed by atoms with Crippen molar-refractivity contribution in [2.45, 2.75) is 11.8 Å². The lowest BCUT2D eigenvalue weighted by molar-refractivity contribution is -0.121. The van der Waals surface area contributed by atoms with Crippen molar-refractivity contribution < 1.29 is 23.1 Å². The van der Waals surface area contributed by atoms with E-state index in [4.69, 9.17) is 4.74 Å². The summed E-state index contributed by atoms with van der Waals surface area (Å²) < 4.78 is 31.5. The van der Waals surface area contributed by atoms with E-state index in [0.717, 1.165) is 9.87 Å². The van der Waals surface area contributed by atoms with Crippen molar-refractivity contribution in [2.24, 2.45) is 5.10 Å². The maximum atomic E-state index is 12.7. The fourth-order valence-electron chi connectivity index (χ4n) is 2.26. The topological polar surface area (TPSA) is 108 Å². The fourth-order valence-corrected chi connectivity index (χ4v) is 3.62. The summed E-state index contributed by atoms with van der Waals surface area (Å²) >= 11 is 0. The van der Waals surface area contributed by atoms with Crippen LogP contribution < -0.4 is 10.2 Å². The predicted molar refractivity (Wildman–Crippen MR) is 101 cm³/mol. The zero-order valence-electron chi connectivity index (χ0n) is 15.2. The van der Waals surface area contributed by atoms with E-state index in [1.807, 2.05) is 0 Å². The molecule has 0 aliphatic carbocycles. The van der Waals surface area contributed by atoms with Gasteiger partial charge in [0.1, 0.15) is 16.4 Å². The minimum absolute atomic E-state index is 0.0106. The molecule has 144 valence electrons. The highest BCUT2D eigenvalue weighted by molar-refractivity contribution is 7.89. The van der Waals surface area contributed by atoms with Crippen molar-refractivity contribution in [1.29, 1.82) is 0 Å². The second-order valence-electron chi connectivity index (χ2n) is 5.80. The number of aromatic hydroxyl groups is 1. The van der Waals surface area contributed by atoms with Crippen molar-refractivity contribution >= 4 is 22.1 Å². The first-order valence-corrected chi connectivity index (χ1v) is 9.40. The molecular formula is C18H21N3O5S. The standard InChI is InChI=1S/C18H21N3O5S/c1-13-7-8-16(26-3)17(9-13)27(24,25)21(2)12-18(23)20-19-11-14-5-4-6-15(22)10-14/h4-11,22H,12H2,1-3H3,(H,20,23)/b19-11+. The van der Waals surface area contributed by atoms with Crippen molar-refractivity contribution in [3.05, 3.63) is 53.6 Å². The molecule has 0 radical (unpaired) electrons. The molecule has 2 rings (SSSR count).